The van der Waals surface area contributed by atoms with Gasteiger partial charge in [-0.3, -0.25) is 0 Å². The van der Waals surface area contributed by atoms with E-state index < -0.39 is 12.4 Å². The Balaban J connectivity index is 1.28. The second kappa shape index (κ2) is 14.6. The maximum Gasteiger partial charge on any atom is 0.573 e. The Morgan fingerprint density at radius 1 is 1.17 bits per heavy atom. The van der Waals surface area contributed by atoms with E-state index in [2.05, 4.69) is 75.1 Å². The molecule has 1 aliphatic heterocycles. The van der Waals surface area contributed by atoms with E-state index in [1.54, 1.807) is 24.3 Å². The fraction of sp³-hybridized carbons (Fsp3) is 0.265. The van der Waals surface area contributed by atoms with E-state index in [0.717, 1.165) is 36.3 Å². The molecule has 1 saturated heterocycles. The lowest BCUT2D eigenvalue weighted by Gasteiger charge is -2.37. The topological polar surface area (TPSA) is 108 Å². The summed E-state index contributed by atoms with van der Waals surface area (Å²) in [5, 5.41) is 17.5. The minimum atomic E-state index is -4.77. The lowest BCUT2D eigenvalue weighted by atomic mass is 10.0. The standard InChI is InChI=1S/C34H32F3N7O2S/c1-4-5-25-7-6-22(2)18-30(25)44-23(3)16-17-47-33(44)41-32(45)39-20-27(19-38)24-8-10-26(11-9-24)31-40-21-43(42-31)28-12-14-29(15-13-28)46-34(35,36)37/h6-15,18,20-21,23H,4-5,16-17H2,1-3H3,(H,39,45)/b27-20+,41-33?. The summed E-state index contributed by atoms with van der Waals surface area (Å²) in [5.74, 6) is 0.883. The highest BCUT2D eigenvalue weighted by Crippen LogP contribution is 2.33. The van der Waals surface area contributed by atoms with Gasteiger partial charge >= 0.3 is 12.4 Å². The molecule has 1 aliphatic rings. The summed E-state index contributed by atoms with van der Waals surface area (Å²) in [7, 11) is 0. The van der Waals surface area contributed by atoms with Crippen molar-refractivity contribution in [3.63, 3.8) is 0 Å². The first-order valence-corrected chi connectivity index (χ1v) is 15.9. The fourth-order valence-electron chi connectivity index (χ4n) is 5.07. The van der Waals surface area contributed by atoms with Gasteiger partial charge in [0.25, 0.3) is 0 Å². The van der Waals surface area contributed by atoms with Crippen LogP contribution in [0.5, 0.6) is 5.75 Å². The summed E-state index contributed by atoms with van der Waals surface area (Å²) in [6.45, 7) is 6.33. The van der Waals surface area contributed by atoms with E-state index in [4.69, 9.17) is 0 Å². The van der Waals surface area contributed by atoms with Gasteiger partial charge in [-0.05, 0) is 73.7 Å². The Kier molecular flexibility index (Phi) is 10.3. The average Bonchev–Trinajstić information content (AvgIpc) is 3.53. The number of halogens is 3. The number of anilines is 1. The zero-order chi connectivity index (χ0) is 33.6. The first-order chi connectivity index (χ1) is 22.5. The summed E-state index contributed by atoms with van der Waals surface area (Å²) in [6, 6.07) is 20.2. The molecule has 13 heteroatoms. The number of allylic oxidation sites excluding steroid dienone is 1. The number of hydrogen-bond acceptors (Lipinski definition) is 6. The van der Waals surface area contributed by atoms with E-state index in [1.165, 1.54) is 58.8 Å². The molecule has 2 amide bonds. The molecule has 1 fully saturated rings. The van der Waals surface area contributed by atoms with Crippen molar-refractivity contribution in [2.45, 2.75) is 52.4 Å². The monoisotopic (exact) mass is 659 g/mol. The lowest BCUT2D eigenvalue weighted by Crippen LogP contribution is -2.42. The molecule has 0 bridgehead atoms. The number of alkyl halides is 3. The zero-order valence-electron chi connectivity index (χ0n) is 26.0. The summed E-state index contributed by atoms with van der Waals surface area (Å²) in [5.41, 5.74) is 5.36. The van der Waals surface area contributed by atoms with Gasteiger partial charge in [0.2, 0.25) is 0 Å². The lowest BCUT2D eigenvalue weighted by molar-refractivity contribution is -0.274. The number of benzene rings is 3. The van der Waals surface area contributed by atoms with Gasteiger partial charge in [0.1, 0.15) is 18.1 Å². The van der Waals surface area contributed by atoms with Gasteiger partial charge in [-0.15, -0.1) is 18.3 Å². The third-order valence-corrected chi connectivity index (χ3v) is 8.36. The van der Waals surface area contributed by atoms with Gasteiger partial charge in [-0.1, -0.05) is 61.5 Å². The van der Waals surface area contributed by atoms with Gasteiger partial charge in [-0.2, -0.15) is 10.3 Å². The minimum Gasteiger partial charge on any atom is -0.406 e. The number of aryl methyl sites for hydroxylation is 2. The van der Waals surface area contributed by atoms with Gasteiger partial charge in [0.05, 0.1) is 11.3 Å². The summed E-state index contributed by atoms with van der Waals surface area (Å²) in [4.78, 5) is 23.8. The maximum absolute atomic E-state index is 13.0. The largest absolute Gasteiger partial charge is 0.573 e. The number of carbonyl (C=O) groups is 1. The third-order valence-electron chi connectivity index (χ3n) is 7.37. The number of hydrogen-bond donors (Lipinski definition) is 1. The van der Waals surface area contributed by atoms with Gasteiger partial charge in [0, 0.05) is 29.2 Å². The molecular weight excluding hydrogens is 627 g/mol. The van der Waals surface area contributed by atoms with E-state index in [1.807, 2.05) is 0 Å². The molecule has 1 unspecified atom stereocenters. The summed E-state index contributed by atoms with van der Waals surface area (Å²) < 4.78 is 42.7. The SMILES string of the molecule is CCCc1ccc(C)cc1N1C(=NC(=O)N/C=C(\C#N)c2ccc(-c3ncn(-c4ccc(OC(F)(F)F)cc4)n3)cc2)SCCC1C. The first-order valence-electron chi connectivity index (χ1n) is 14.9. The molecule has 1 N–H and O–H groups in total. The number of thioether (sulfide) groups is 1. The number of ether oxygens (including phenoxy) is 1. The predicted molar refractivity (Wildman–Crippen MR) is 177 cm³/mol. The van der Waals surface area contributed by atoms with Crippen molar-refractivity contribution in [1.29, 1.82) is 5.26 Å². The van der Waals surface area contributed by atoms with Crippen LogP contribution >= 0.6 is 11.8 Å². The van der Waals surface area contributed by atoms with Crippen LogP contribution in [0.25, 0.3) is 22.6 Å². The molecule has 1 aromatic heterocycles. The average molecular weight is 660 g/mol. The number of nitrogens with one attached hydrogen (secondary N) is 1. The number of carbonyl (C=O) groups excluding carboxylic acids is 1. The van der Waals surface area contributed by atoms with Crippen LogP contribution in [0.1, 0.15) is 43.4 Å². The second-order valence-electron chi connectivity index (χ2n) is 10.9. The van der Waals surface area contributed by atoms with E-state index in [9.17, 15) is 23.2 Å². The molecule has 2 heterocycles. The highest BCUT2D eigenvalue weighted by molar-refractivity contribution is 8.14. The van der Waals surface area contributed by atoms with Crippen LogP contribution in [-0.4, -0.2) is 44.1 Å². The quantitative estimate of drug-likeness (QED) is 0.191. The summed E-state index contributed by atoms with van der Waals surface area (Å²) >= 11 is 1.54. The Hall–Kier alpha value is -5.09. The highest BCUT2D eigenvalue weighted by atomic mass is 32.2. The normalized spacial score (nSPS) is 16.2. The van der Waals surface area contributed by atoms with Crippen LogP contribution in [0.4, 0.5) is 23.7 Å². The fourth-order valence-corrected chi connectivity index (χ4v) is 6.27. The van der Waals surface area contributed by atoms with Gasteiger partial charge < -0.3 is 15.0 Å². The molecule has 3 aromatic carbocycles. The van der Waals surface area contributed by atoms with E-state index >= 15 is 0 Å². The van der Waals surface area contributed by atoms with Crippen molar-refractivity contribution < 1.29 is 22.7 Å². The van der Waals surface area contributed by atoms with Crippen LogP contribution in [-0.2, 0) is 6.42 Å². The van der Waals surface area contributed by atoms with E-state index in [-0.39, 0.29) is 17.4 Å². The Morgan fingerprint density at radius 3 is 2.60 bits per heavy atom. The molecule has 1 atom stereocenters. The van der Waals surface area contributed by atoms with Gasteiger partial charge in [0.15, 0.2) is 11.0 Å². The maximum atomic E-state index is 13.0. The Bertz CT molecular complexity index is 1830. The molecule has 242 valence electrons. The number of amides is 2. The Morgan fingerprint density at radius 2 is 1.91 bits per heavy atom. The molecule has 0 spiro atoms. The van der Waals surface area contributed by atoms with Crippen molar-refractivity contribution in [1.82, 2.24) is 20.1 Å². The Labute approximate surface area is 274 Å². The number of nitrogens with zero attached hydrogens (tertiary/aromatic N) is 6. The molecule has 9 nitrogen and oxygen atoms in total. The third kappa shape index (κ3) is 8.39. The molecule has 5 rings (SSSR count). The highest BCUT2D eigenvalue weighted by Gasteiger charge is 2.31. The second-order valence-corrected chi connectivity index (χ2v) is 11.9. The zero-order valence-corrected chi connectivity index (χ0v) is 26.8. The molecule has 0 saturated carbocycles. The van der Waals surface area contributed by atoms with Crippen LogP contribution in [0, 0.1) is 18.3 Å². The van der Waals surface area contributed by atoms with Crippen molar-refractivity contribution in [3.8, 4) is 28.9 Å². The number of aliphatic imine (C=N–C) groups is 1. The van der Waals surface area contributed by atoms with Crippen molar-refractivity contribution in [2.75, 3.05) is 10.7 Å². The smallest absolute Gasteiger partial charge is 0.406 e. The number of amidine groups is 1. The minimum absolute atomic E-state index is 0.170. The van der Waals surface area contributed by atoms with E-state index in [0.29, 0.717) is 27.8 Å². The molecule has 0 aliphatic carbocycles. The molecular formula is C34H32F3N7O2S. The summed E-state index contributed by atoms with van der Waals surface area (Å²) in [6.07, 6.45) is 0.898. The number of urea groups is 1. The predicted octanol–water partition coefficient (Wildman–Crippen LogP) is 8.06. The van der Waals surface area contributed by atoms with Gasteiger partial charge in [-0.25, -0.2) is 14.5 Å². The number of rotatable bonds is 8. The van der Waals surface area contributed by atoms with Crippen molar-refractivity contribution in [2.24, 2.45) is 4.99 Å². The van der Waals surface area contributed by atoms with Crippen molar-refractivity contribution >= 4 is 34.2 Å². The first kappa shape index (κ1) is 33.3. The van der Waals surface area contributed by atoms with Crippen LogP contribution < -0.4 is 15.0 Å². The van der Waals surface area contributed by atoms with Crippen LogP contribution in [0.2, 0.25) is 0 Å². The van der Waals surface area contributed by atoms with Crippen LogP contribution in [0.3, 0.4) is 0 Å². The molecule has 4 aromatic rings. The van der Waals surface area contributed by atoms with Crippen LogP contribution in [0.15, 0.2) is 84.2 Å². The number of nitriles is 1. The number of aromatic nitrogens is 3. The molecule has 0 radical (unpaired) electrons. The molecule has 47 heavy (non-hydrogen) atoms. The van der Waals surface area contributed by atoms with Crippen molar-refractivity contribution in [3.05, 3.63) is 95.9 Å².